The minimum absolute atomic E-state index is 0. The largest absolute Gasteiger partial charge is 1.00 e. The fourth-order valence-electron chi connectivity index (χ4n) is 11.9. The Bertz CT molecular complexity index is 2720. The average molecular weight is 1280 g/mol. The van der Waals surface area contributed by atoms with Gasteiger partial charge >= 0.3 is 0 Å². The fraction of sp³-hybridized carbons (Fsp3) is 0.472. The van der Waals surface area contributed by atoms with Crippen LogP contribution in [0.5, 0.6) is 11.5 Å². The van der Waals surface area contributed by atoms with E-state index in [1.807, 2.05) is 0 Å². The van der Waals surface area contributed by atoms with Crippen molar-refractivity contribution in [3.8, 4) is 11.5 Å². The van der Waals surface area contributed by atoms with Gasteiger partial charge in [-0.2, -0.15) is 0 Å². The standard InChI is InChI=1S/C45H56OP.C27H41IO.HI/c1-34(22-18-31-45(7)32-30-43-38(5)36(3)37(4)39(6)44(43)46-45)20-17-21-35(2)23-19-33-47(40-24-11-8-12-25-40,41-26-13-9-14-27-41)42-28-15-10-16-29-42;1-19(11-8-12-20(2)14-10-18-28)13-9-16-27(7)17-15-25-23(5)21(3)22(4)24(6)26(25)29-27;/h8-16,21-22,24-29H,17-20,23,30-33H2,1-7H3;12-13H,8-11,14-18H2,1-7H3;1H/q+1;;/p-1/b34-22+,35-21+;19-13+,20-12+;/t45-;27-;/m11./s1. The van der Waals surface area contributed by atoms with Gasteiger partial charge in [0.15, 0.2) is 0 Å². The summed E-state index contributed by atoms with van der Waals surface area (Å²) in [6.45, 7) is 31.8. The smallest absolute Gasteiger partial charge is 0.126 e. The lowest BCUT2D eigenvalue weighted by atomic mass is 9.83. The van der Waals surface area contributed by atoms with E-state index in [-0.39, 0.29) is 35.2 Å². The fourth-order valence-corrected chi connectivity index (χ4v) is 16.6. The molecule has 0 unspecified atom stereocenters. The highest BCUT2D eigenvalue weighted by Gasteiger charge is 2.44. The molecule has 5 aromatic rings. The Balaban J connectivity index is 0.000000314. The van der Waals surface area contributed by atoms with Gasteiger partial charge in [0.05, 0.1) is 6.16 Å². The zero-order valence-electron chi connectivity index (χ0n) is 50.2. The first-order chi connectivity index (χ1) is 36.3. The molecule has 5 aromatic carbocycles. The summed E-state index contributed by atoms with van der Waals surface area (Å²) < 4.78 is 14.7. The molecule has 7 rings (SSSR count). The molecule has 0 bridgehead atoms. The highest BCUT2D eigenvalue weighted by Crippen LogP contribution is 2.56. The predicted octanol–water partition coefficient (Wildman–Crippen LogP) is 16.9. The van der Waals surface area contributed by atoms with Gasteiger partial charge in [-0.25, -0.2) is 0 Å². The van der Waals surface area contributed by atoms with Gasteiger partial charge in [0.2, 0.25) is 0 Å². The van der Waals surface area contributed by atoms with Crippen LogP contribution in [-0.2, 0) is 12.8 Å². The first-order valence-electron chi connectivity index (χ1n) is 29.1. The van der Waals surface area contributed by atoms with Gasteiger partial charge in [0.25, 0.3) is 0 Å². The molecule has 77 heavy (non-hydrogen) atoms. The summed E-state index contributed by atoms with van der Waals surface area (Å²) in [5.41, 5.74) is 20.0. The molecule has 2 aliphatic rings. The molecule has 2 atom stereocenters. The molecule has 0 saturated carbocycles. The van der Waals surface area contributed by atoms with E-state index in [9.17, 15) is 0 Å². The maximum absolute atomic E-state index is 6.77. The van der Waals surface area contributed by atoms with E-state index in [1.165, 1.54) is 137 Å². The van der Waals surface area contributed by atoms with E-state index >= 15 is 0 Å². The summed E-state index contributed by atoms with van der Waals surface area (Å²) in [7, 11) is -1.76. The summed E-state index contributed by atoms with van der Waals surface area (Å²) in [4.78, 5) is 0. The second kappa shape index (κ2) is 30.4. The Morgan fingerprint density at radius 2 is 0.779 bits per heavy atom. The monoisotopic (exact) mass is 1280 g/mol. The first kappa shape index (κ1) is 64.4. The van der Waals surface area contributed by atoms with Gasteiger partial charge in [-0.3, -0.25) is 0 Å². The van der Waals surface area contributed by atoms with Crippen LogP contribution >= 0.6 is 29.9 Å². The van der Waals surface area contributed by atoms with Crippen molar-refractivity contribution in [1.82, 2.24) is 0 Å². The highest BCUT2D eigenvalue weighted by molar-refractivity contribution is 14.1. The highest BCUT2D eigenvalue weighted by atomic mass is 127. The number of benzene rings is 5. The van der Waals surface area contributed by atoms with Crippen LogP contribution in [0.3, 0.4) is 0 Å². The molecule has 0 saturated heterocycles. The van der Waals surface area contributed by atoms with Crippen LogP contribution in [0.25, 0.3) is 0 Å². The number of ether oxygens (including phenoxy) is 2. The molecule has 2 aliphatic heterocycles. The number of allylic oxidation sites excluding steroid dienone is 8. The molecule has 0 aliphatic carbocycles. The van der Waals surface area contributed by atoms with Crippen molar-refractivity contribution < 1.29 is 33.5 Å². The van der Waals surface area contributed by atoms with Crippen molar-refractivity contribution >= 4 is 45.8 Å². The van der Waals surface area contributed by atoms with E-state index in [0.717, 1.165) is 76.4 Å². The Labute approximate surface area is 501 Å². The van der Waals surface area contributed by atoms with Crippen LogP contribution < -0.4 is 49.4 Å². The third-order valence-electron chi connectivity index (χ3n) is 17.8. The molecule has 0 spiro atoms. The van der Waals surface area contributed by atoms with E-state index in [1.54, 1.807) is 5.57 Å². The lowest BCUT2D eigenvalue weighted by molar-refractivity contribution is -0.0000263. The predicted molar refractivity (Wildman–Crippen MR) is 345 cm³/mol. The molecule has 0 amide bonds. The minimum Gasteiger partial charge on any atom is -1.00 e. The SMILES string of the molecule is C/C(=C\CC[C@]1(C)CCc2c(C)c(C)c(C)c(C)c2O1)CC/C=C(\C)CCCI.C/C(=C\CC[C@]1(C)CCc2c(C)c(C)c(C)c(C)c2O1)CC/C=C(\C)CCC[P+](c1ccccc1)(c1ccccc1)c1ccccc1.[I-]. The Morgan fingerprint density at radius 3 is 1.14 bits per heavy atom. The normalized spacial score (nSPS) is 17.8. The average Bonchev–Trinajstić information content (AvgIpc) is 3.45. The zero-order valence-corrected chi connectivity index (χ0v) is 55.4. The van der Waals surface area contributed by atoms with Crippen molar-refractivity contribution in [1.29, 1.82) is 0 Å². The summed E-state index contributed by atoms with van der Waals surface area (Å²) in [5, 5.41) is 4.44. The van der Waals surface area contributed by atoms with E-state index in [2.05, 4.69) is 235 Å². The number of alkyl halides is 1. The van der Waals surface area contributed by atoms with Crippen LogP contribution in [0.1, 0.15) is 187 Å². The quantitative estimate of drug-likeness (QED) is 0.0298. The van der Waals surface area contributed by atoms with Gasteiger partial charge < -0.3 is 33.5 Å². The van der Waals surface area contributed by atoms with Gasteiger partial charge in [-0.05, 0) is 296 Å². The minimum atomic E-state index is -1.76. The van der Waals surface area contributed by atoms with Crippen LogP contribution in [0.4, 0.5) is 0 Å². The number of fused-ring (bicyclic) bond motifs is 2. The molecule has 2 heterocycles. The van der Waals surface area contributed by atoms with Gasteiger partial charge in [-0.1, -0.05) is 124 Å². The third-order valence-corrected chi connectivity index (χ3v) is 23.1. The molecule has 416 valence electrons. The van der Waals surface area contributed by atoms with Gasteiger partial charge in [0, 0.05) is 0 Å². The van der Waals surface area contributed by atoms with Crippen LogP contribution in [0.15, 0.2) is 138 Å². The van der Waals surface area contributed by atoms with Gasteiger partial charge in [-0.15, -0.1) is 0 Å². The van der Waals surface area contributed by atoms with Crippen molar-refractivity contribution in [3.05, 3.63) is 193 Å². The van der Waals surface area contributed by atoms with E-state index in [4.69, 9.17) is 9.47 Å². The molecule has 5 heteroatoms. The van der Waals surface area contributed by atoms with Crippen molar-refractivity contribution in [3.63, 3.8) is 0 Å². The number of hydrogen-bond donors (Lipinski definition) is 0. The molecule has 0 aromatic heterocycles. The molecular weight excluding hydrogens is 1180 g/mol. The first-order valence-corrected chi connectivity index (χ1v) is 32.6. The number of halogens is 2. The molecule has 0 N–H and O–H groups in total. The summed E-state index contributed by atoms with van der Waals surface area (Å²) in [5.74, 6) is 2.34. The Morgan fingerprint density at radius 1 is 0.455 bits per heavy atom. The number of rotatable bonds is 22. The zero-order chi connectivity index (χ0) is 55.0. The maximum Gasteiger partial charge on any atom is 0.126 e. The van der Waals surface area contributed by atoms with Crippen molar-refractivity contribution in [2.45, 2.75) is 211 Å². The van der Waals surface area contributed by atoms with E-state index in [0.29, 0.717) is 0 Å². The molecule has 2 nitrogen and oxygen atoms in total. The third kappa shape index (κ3) is 17.0. The summed E-state index contributed by atoms with van der Waals surface area (Å²) >= 11 is 2.46. The molecular formula is C72H97I2O2P. The second-order valence-corrected chi connectivity index (χ2v) is 28.2. The van der Waals surface area contributed by atoms with Crippen LogP contribution in [-0.4, -0.2) is 21.8 Å². The topological polar surface area (TPSA) is 18.5 Å². The summed E-state index contributed by atoms with van der Waals surface area (Å²) in [6.07, 6.45) is 29.3. The lowest BCUT2D eigenvalue weighted by Crippen LogP contribution is -3.00. The Kier molecular flexibility index (Phi) is 25.4. The van der Waals surface area contributed by atoms with Crippen LogP contribution in [0, 0.1) is 55.4 Å². The van der Waals surface area contributed by atoms with E-state index < -0.39 is 7.26 Å². The maximum atomic E-state index is 6.77. The number of hydrogen-bond acceptors (Lipinski definition) is 2. The Hall–Kier alpha value is -3.45. The van der Waals surface area contributed by atoms with Gasteiger partial charge in [0.1, 0.15) is 45.9 Å². The van der Waals surface area contributed by atoms with Crippen molar-refractivity contribution in [2.24, 2.45) is 0 Å². The molecule has 0 fully saturated rings. The second-order valence-electron chi connectivity index (χ2n) is 23.5. The van der Waals surface area contributed by atoms with Crippen molar-refractivity contribution in [2.75, 3.05) is 10.6 Å². The summed E-state index contributed by atoms with van der Waals surface area (Å²) in [6, 6.07) is 33.8. The lowest BCUT2D eigenvalue weighted by Gasteiger charge is -2.38. The van der Waals surface area contributed by atoms with Crippen LogP contribution in [0.2, 0.25) is 0 Å². The molecule has 0 radical (unpaired) electrons.